The minimum atomic E-state index is 0.00841. The van der Waals surface area contributed by atoms with E-state index in [0.717, 1.165) is 11.1 Å². The highest BCUT2D eigenvalue weighted by Crippen LogP contribution is 2.35. The Morgan fingerprint density at radius 1 is 0.800 bits per heavy atom. The van der Waals surface area contributed by atoms with E-state index in [1.807, 2.05) is 36.4 Å². The van der Waals surface area contributed by atoms with Gasteiger partial charge in [-0.15, -0.1) is 0 Å². The van der Waals surface area contributed by atoms with Crippen LogP contribution in [0.4, 0.5) is 0 Å². The molecule has 0 bridgehead atoms. The zero-order chi connectivity index (χ0) is 14.2. The summed E-state index contributed by atoms with van der Waals surface area (Å²) < 4.78 is 10.8. The maximum Gasteiger partial charge on any atom is 0.127 e. The van der Waals surface area contributed by atoms with Crippen LogP contribution < -0.4 is 4.74 Å². The van der Waals surface area contributed by atoms with Crippen LogP contribution in [0.5, 0.6) is 11.5 Å². The number of aliphatic hydroxyl groups excluding tert-OH is 1. The molecular formula is C16H18O4. The van der Waals surface area contributed by atoms with Crippen molar-refractivity contribution in [2.75, 3.05) is 26.4 Å². The van der Waals surface area contributed by atoms with Gasteiger partial charge in [-0.3, -0.25) is 0 Å². The zero-order valence-corrected chi connectivity index (χ0v) is 11.2. The van der Waals surface area contributed by atoms with E-state index in [2.05, 4.69) is 0 Å². The second kappa shape index (κ2) is 7.53. The fraction of sp³-hybridized carbons (Fsp3) is 0.250. The Kier molecular flexibility index (Phi) is 5.41. The SMILES string of the molecule is OCCOCCOc1ccccc1-c1ccccc1O. The molecule has 0 atom stereocenters. The van der Waals surface area contributed by atoms with E-state index >= 15 is 0 Å². The van der Waals surface area contributed by atoms with Crippen LogP contribution in [0, 0.1) is 0 Å². The number of rotatable bonds is 7. The van der Waals surface area contributed by atoms with Gasteiger partial charge in [0.05, 0.1) is 19.8 Å². The third-order valence-electron chi connectivity index (χ3n) is 2.80. The highest BCUT2D eigenvalue weighted by atomic mass is 16.5. The minimum Gasteiger partial charge on any atom is -0.507 e. The molecule has 20 heavy (non-hydrogen) atoms. The van der Waals surface area contributed by atoms with Gasteiger partial charge in [-0.2, -0.15) is 0 Å². The third kappa shape index (κ3) is 3.73. The molecule has 0 saturated heterocycles. The molecule has 2 aromatic rings. The van der Waals surface area contributed by atoms with Gasteiger partial charge in [0.25, 0.3) is 0 Å². The maximum absolute atomic E-state index is 9.92. The number of phenolic OH excluding ortho intramolecular Hbond substituents is 1. The Hall–Kier alpha value is -2.04. The Morgan fingerprint density at radius 3 is 2.25 bits per heavy atom. The number of hydrogen-bond acceptors (Lipinski definition) is 4. The van der Waals surface area contributed by atoms with Gasteiger partial charge in [0.15, 0.2) is 0 Å². The first-order valence-electron chi connectivity index (χ1n) is 6.51. The predicted octanol–water partition coefficient (Wildman–Crippen LogP) is 2.45. The third-order valence-corrected chi connectivity index (χ3v) is 2.80. The van der Waals surface area contributed by atoms with E-state index in [-0.39, 0.29) is 12.4 Å². The number of ether oxygens (including phenoxy) is 2. The Balaban J connectivity index is 2.09. The molecule has 0 saturated carbocycles. The van der Waals surface area contributed by atoms with Crippen molar-refractivity contribution in [3.8, 4) is 22.6 Å². The molecule has 0 aliphatic carbocycles. The number of hydrogen-bond donors (Lipinski definition) is 2. The fourth-order valence-corrected chi connectivity index (χ4v) is 1.89. The Labute approximate surface area is 118 Å². The first-order valence-corrected chi connectivity index (χ1v) is 6.51. The largest absolute Gasteiger partial charge is 0.507 e. The van der Waals surface area contributed by atoms with E-state index in [9.17, 15) is 5.11 Å². The lowest BCUT2D eigenvalue weighted by atomic mass is 10.0. The molecule has 0 spiro atoms. The highest BCUT2D eigenvalue weighted by Gasteiger charge is 2.09. The molecule has 4 heteroatoms. The molecule has 106 valence electrons. The Morgan fingerprint density at radius 2 is 1.50 bits per heavy atom. The van der Waals surface area contributed by atoms with Crippen molar-refractivity contribution >= 4 is 0 Å². The molecule has 0 radical (unpaired) electrons. The first-order chi connectivity index (χ1) is 9.83. The fourth-order valence-electron chi connectivity index (χ4n) is 1.89. The van der Waals surface area contributed by atoms with Gasteiger partial charge in [-0.1, -0.05) is 36.4 Å². The van der Waals surface area contributed by atoms with Gasteiger partial charge in [-0.05, 0) is 12.1 Å². The number of aliphatic hydroxyl groups is 1. The van der Waals surface area contributed by atoms with Crippen LogP contribution in [-0.2, 0) is 4.74 Å². The van der Waals surface area contributed by atoms with Crippen LogP contribution in [-0.4, -0.2) is 36.6 Å². The topological polar surface area (TPSA) is 58.9 Å². The molecule has 0 aliphatic rings. The molecule has 0 aliphatic heterocycles. The molecule has 0 fully saturated rings. The van der Waals surface area contributed by atoms with E-state index in [1.165, 1.54) is 0 Å². The molecule has 2 N–H and O–H groups in total. The monoisotopic (exact) mass is 274 g/mol. The number of aromatic hydroxyl groups is 1. The van der Waals surface area contributed by atoms with E-state index in [4.69, 9.17) is 14.6 Å². The molecular weight excluding hydrogens is 256 g/mol. The molecule has 0 aromatic heterocycles. The second-order valence-corrected chi connectivity index (χ2v) is 4.20. The van der Waals surface area contributed by atoms with Crippen molar-refractivity contribution in [2.45, 2.75) is 0 Å². The lowest BCUT2D eigenvalue weighted by molar-refractivity contribution is 0.0706. The summed E-state index contributed by atoms with van der Waals surface area (Å²) in [5, 5.41) is 18.5. The van der Waals surface area contributed by atoms with Gasteiger partial charge in [0.2, 0.25) is 0 Å². The van der Waals surface area contributed by atoms with Crippen LogP contribution >= 0.6 is 0 Å². The lowest BCUT2D eigenvalue weighted by Crippen LogP contribution is -2.09. The molecule has 0 heterocycles. The van der Waals surface area contributed by atoms with Crippen molar-refractivity contribution < 1.29 is 19.7 Å². The van der Waals surface area contributed by atoms with Gasteiger partial charge in [0, 0.05) is 11.1 Å². The van der Waals surface area contributed by atoms with Crippen LogP contribution in [0.15, 0.2) is 48.5 Å². The van der Waals surface area contributed by atoms with Crippen LogP contribution in [0.25, 0.3) is 11.1 Å². The summed E-state index contributed by atoms with van der Waals surface area (Å²) in [7, 11) is 0. The predicted molar refractivity (Wildman–Crippen MR) is 76.9 cm³/mol. The van der Waals surface area contributed by atoms with Crippen molar-refractivity contribution in [3.63, 3.8) is 0 Å². The smallest absolute Gasteiger partial charge is 0.127 e. The summed E-state index contributed by atoms with van der Waals surface area (Å²) in [4.78, 5) is 0. The standard InChI is InChI=1S/C16H18O4/c17-9-10-19-11-12-20-16-8-4-2-6-14(16)13-5-1-3-7-15(13)18/h1-8,17-18H,9-12H2. The van der Waals surface area contributed by atoms with Crippen LogP contribution in [0.2, 0.25) is 0 Å². The maximum atomic E-state index is 9.92. The van der Waals surface area contributed by atoms with Crippen LogP contribution in [0.1, 0.15) is 0 Å². The molecule has 2 rings (SSSR count). The average molecular weight is 274 g/mol. The number of phenols is 1. The second-order valence-electron chi connectivity index (χ2n) is 4.20. The molecule has 0 unspecified atom stereocenters. The van der Waals surface area contributed by atoms with Crippen molar-refractivity contribution in [1.29, 1.82) is 0 Å². The lowest BCUT2D eigenvalue weighted by Gasteiger charge is -2.12. The Bertz CT molecular complexity index is 540. The summed E-state index contributed by atoms with van der Waals surface area (Å²) in [6.45, 7) is 1.12. The summed E-state index contributed by atoms with van der Waals surface area (Å²) >= 11 is 0. The number of benzene rings is 2. The molecule has 2 aromatic carbocycles. The summed E-state index contributed by atoms with van der Waals surface area (Å²) in [5.41, 5.74) is 1.58. The number of para-hydroxylation sites is 2. The molecule has 4 nitrogen and oxygen atoms in total. The minimum absolute atomic E-state index is 0.00841. The van der Waals surface area contributed by atoms with Crippen LogP contribution in [0.3, 0.4) is 0 Å². The van der Waals surface area contributed by atoms with Gasteiger partial charge >= 0.3 is 0 Å². The normalized spacial score (nSPS) is 10.4. The summed E-state index contributed by atoms with van der Waals surface area (Å²) in [6, 6.07) is 14.7. The van der Waals surface area contributed by atoms with Crippen molar-refractivity contribution in [3.05, 3.63) is 48.5 Å². The average Bonchev–Trinajstić information content (AvgIpc) is 2.48. The van der Waals surface area contributed by atoms with E-state index in [1.54, 1.807) is 12.1 Å². The van der Waals surface area contributed by atoms with Crippen molar-refractivity contribution in [1.82, 2.24) is 0 Å². The summed E-state index contributed by atoms with van der Waals surface area (Å²) in [6.07, 6.45) is 0. The summed E-state index contributed by atoms with van der Waals surface area (Å²) in [5.74, 6) is 0.918. The van der Waals surface area contributed by atoms with Crippen molar-refractivity contribution in [2.24, 2.45) is 0 Å². The van der Waals surface area contributed by atoms with Gasteiger partial charge in [-0.25, -0.2) is 0 Å². The quantitative estimate of drug-likeness (QED) is 0.761. The van der Waals surface area contributed by atoms with Gasteiger partial charge in [0.1, 0.15) is 18.1 Å². The highest BCUT2D eigenvalue weighted by molar-refractivity contribution is 5.75. The first kappa shape index (κ1) is 14.4. The zero-order valence-electron chi connectivity index (χ0n) is 11.2. The van der Waals surface area contributed by atoms with Gasteiger partial charge < -0.3 is 19.7 Å². The van der Waals surface area contributed by atoms with E-state index in [0.29, 0.717) is 25.6 Å². The molecule has 0 amide bonds. The van der Waals surface area contributed by atoms with E-state index < -0.39 is 0 Å².